The van der Waals surface area contributed by atoms with Gasteiger partial charge in [0.15, 0.2) is 0 Å². The van der Waals surface area contributed by atoms with Crippen molar-refractivity contribution in [3.63, 3.8) is 0 Å². The standard InChI is InChI=1S/C14H19N5O2/c1-18(2)10-6-9-15-13(20)12-16-14(21)19(17-12)11-7-4-3-5-8-11/h3-5,7-8H,6,9-10H2,1-2H3,(H,15,20)(H,16,17,21). The maximum atomic E-state index is 11.9. The molecule has 0 unspecified atom stereocenters. The number of carbonyl (C=O) groups is 1. The van der Waals surface area contributed by atoms with Gasteiger partial charge in [0.05, 0.1) is 5.69 Å². The van der Waals surface area contributed by atoms with Gasteiger partial charge in [0, 0.05) is 6.54 Å². The highest BCUT2D eigenvalue weighted by Crippen LogP contribution is 2.01. The highest BCUT2D eigenvalue weighted by atomic mass is 16.2. The molecule has 0 radical (unpaired) electrons. The van der Waals surface area contributed by atoms with Crippen molar-refractivity contribution in [2.45, 2.75) is 6.42 Å². The predicted molar refractivity (Wildman–Crippen MR) is 79.7 cm³/mol. The maximum absolute atomic E-state index is 11.9. The topological polar surface area (TPSA) is 83.0 Å². The van der Waals surface area contributed by atoms with Gasteiger partial charge in [-0.3, -0.25) is 9.78 Å². The first-order valence-electron chi connectivity index (χ1n) is 6.75. The molecule has 2 rings (SSSR count). The van der Waals surface area contributed by atoms with Crippen molar-refractivity contribution in [3.8, 4) is 5.69 Å². The summed E-state index contributed by atoms with van der Waals surface area (Å²) in [7, 11) is 3.95. The van der Waals surface area contributed by atoms with E-state index in [0.29, 0.717) is 12.2 Å². The number of rotatable bonds is 6. The summed E-state index contributed by atoms with van der Waals surface area (Å²) in [6.45, 7) is 1.42. The van der Waals surface area contributed by atoms with Crippen LogP contribution in [0.5, 0.6) is 0 Å². The average molecular weight is 289 g/mol. The Labute approximate surface area is 122 Å². The zero-order valence-electron chi connectivity index (χ0n) is 12.2. The molecule has 112 valence electrons. The fraction of sp³-hybridized carbons (Fsp3) is 0.357. The molecular formula is C14H19N5O2. The van der Waals surface area contributed by atoms with E-state index in [0.717, 1.165) is 13.0 Å². The fourth-order valence-electron chi connectivity index (χ4n) is 1.85. The Morgan fingerprint density at radius 2 is 2.05 bits per heavy atom. The molecule has 0 saturated carbocycles. The first-order valence-corrected chi connectivity index (χ1v) is 6.75. The van der Waals surface area contributed by atoms with Crippen LogP contribution in [0.15, 0.2) is 35.1 Å². The lowest BCUT2D eigenvalue weighted by Gasteiger charge is -2.08. The number of aromatic nitrogens is 3. The lowest BCUT2D eigenvalue weighted by atomic mass is 10.3. The zero-order valence-corrected chi connectivity index (χ0v) is 12.2. The van der Waals surface area contributed by atoms with Crippen LogP contribution in [0.4, 0.5) is 0 Å². The molecule has 1 amide bonds. The van der Waals surface area contributed by atoms with Gasteiger partial charge in [-0.15, -0.1) is 5.10 Å². The molecule has 21 heavy (non-hydrogen) atoms. The van der Waals surface area contributed by atoms with Gasteiger partial charge in [-0.1, -0.05) is 18.2 Å². The van der Waals surface area contributed by atoms with E-state index in [9.17, 15) is 9.59 Å². The lowest BCUT2D eigenvalue weighted by Crippen LogP contribution is -2.28. The van der Waals surface area contributed by atoms with E-state index < -0.39 is 5.69 Å². The molecule has 0 aliphatic carbocycles. The van der Waals surface area contributed by atoms with Gasteiger partial charge < -0.3 is 10.2 Å². The van der Waals surface area contributed by atoms with Crippen molar-refractivity contribution in [1.82, 2.24) is 25.0 Å². The van der Waals surface area contributed by atoms with Crippen molar-refractivity contribution in [2.75, 3.05) is 27.2 Å². The summed E-state index contributed by atoms with van der Waals surface area (Å²) >= 11 is 0. The van der Waals surface area contributed by atoms with Crippen molar-refractivity contribution < 1.29 is 4.79 Å². The van der Waals surface area contributed by atoms with E-state index in [4.69, 9.17) is 0 Å². The maximum Gasteiger partial charge on any atom is 0.348 e. The molecule has 0 saturated heterocycles. The third-order valence-corrected chi connectivity index (χ3v) is 2.90. The molecule has 2 aromatic rings. The van der Waals surface area contributed by atoms with E-state index in [2.05, 4.69) is 15.4 Å². The summed E-state index contributed by atoms with van der Waals surface area (Å²) in [6, 6.07) is 8.95. The number of hydrogen-bond acceptors (Lipinski definition) is 4. The summed E-state index contributed by atoms with van der Waals surface area (Å²) < 4.78 is 1.18. The molecule has 0 fully saturated rings. The third kappa shape index (κ3) is 4.03. The van der Waals surface area contributed by atoms with Crippen LogP contribution in [-0.4, -0.2) is 52.8 Å². The van der Waals surface area contributed by atoms with E-state index in [1.165, 1.54) is 4.68 Å². The molecule has 0 bridgehead atoms. The number of hydrogen-bond donors (Lipinski definition) is 2. The summed E-state index contributed by atoms with van der Waals surface area (Å²) in [4.78, 5) is 28.2. The Bertz CT molecular complexity index is 645. The van der Waals surface area contributed by atoms with E-state index in [1.54, 1.807) is 24.3 Å². The lowest BCUT2D eigenvalue weighted by molar-refractivity contribution is 0.0942. The molecule has 1 aromatic heterocycles. The number of H-pyrrole nitrogens is 1. The number of carbonyl (C=O) groups excluding carboxylic acids is 1. The smallest absolute Gasteiger partial charge is 0.348 e. The Morgan fingerprint density at radius 3 is 2.71 bits per heavy atom. The Kier molecular flexibility index (Phi) is 4.89. The van der Waals surface area contributed by atoms with Gasteiger partial charge in [0.1, 0.15) is 0 Å². The summed E-state index contributed by atoms with van der Waals surface area (Å²) in [5, 5.41) is 6.75. The fourth-order valence-corrected chi connectivity index (χ4v) is 1.85. The molecule has 0 aliphatic heterocycles. The zero-order chi connectivity index (χ0) is 15.2. The van der Waals surface area contributed by atoms with Crippen molar-refractivity contribution in [1.29, 1.82) is 0 Å². The van der Waals surface area contributed by atoms with Gasteiger partial charge >= 0.3 is 5.69 Å². The van der Waals surface area contributed by atoms with Crippen LogP contribution >= 0.6 is 0 Å². The number of benzene rings is 1. The van der Waals surface area contributed by atoms with Crippen LogP contribution in [0.25, 0.3) is 5.69 Å². The van der Waals surface area contributed by atoms with Crippen LogP contribution in [-0.2, 0) is 0 Å². The van der Waals surface area contributed by atoms with Crippen LogP contribution < -0.4 is 11.0 Å². The first kappa shape index (κ1) is 15.0. The monoisotopic (exact) mass is 289 g/mol. The van der Waals surface area contributed by atoms with Crippen molar-refractivity contribution in [3.05, 3.63) is 46.6 Å². The normalized spacial score (nSPS) is 10.8. The number of para-hydroxylation sites is 1. The van der Waals surface area contributed by atoms with Crippen molar-refractivity contribution in [2.24, 2.45) is 0 Å². The first-order chi connectivity index (χ1) is 10.1. The minimum Gasteiger partial charge on any atom is -0.349 e. The summed E-state index contributed by atoms with van der Waals surface area (Å²) in [5.74, 6) is -0.353. The predicted octanol–water partition coefficient (Wildman–Crippen LogP) is 0.242. The van der Waals surface area contributed by atoms with Crippen LogP contribution in [0, 0.1) is 0 Å². The number of aromatic amines is 1. The number of nitrogens with one attached hydrogen (secondary N) is 2. The van der Waals surface area contributed by atoms with Gasteiger partial charge in [-0.2, -0.15) is 4.68 Å². The molecule has 1 heterocycles. The minimum atomic E-state index is -0.431. The number of amides is 1. The summed E-state index contributed by atoms with van der Waals surface area (Å²) in [6.07, 6.45) is 0.836. The van der Waals surface area contributed by atoms with E-state index in [1.807, 2.05) is 25.1 Å². The highest BCUT2D eigenvalue weighted by Gasteiger charge is 2.13. The van der Waals surface area contributed by atoms with Crippen molar-refractivity contribution >= 4 is 5.91 Å². The highest BCUT2D eigenvalue weighted by molar-refractivity contribution is 5.90. The second kappa shape index (κ2) is 6.85. The average Bonchev–Trinajstić information content (AvgIpc) is 2.86. The number of nitrogens with zero attached hydrogens (tertiary/aromatic N) is 3. The Balaban J connectivity index is 2.02. The summed E-state index contributed by atoms with van der Waals surface area (Å²) in [5.41, 5.74) is 0.185. The largest absolute Gasteiger partial charge is 0.349 e. The second-order valence-corrected chi connectivity index (χ2v) is 4.94. The second-order valence-electron chi connectivity index (χ2n) is 4.94. The molecule has 0 aliphatic rings. The molecule has 0 atom stereocenters. The molecule has 0 spiro atoms. The van der Waals surface area contributed by atoms with Crippen LogP contribution in [0.3, 0.4) is 0 Å². The third-order valence-electron chi connectivity index (χ3n) is 2.90. The molecule has 7 nitrogen and oxygen atoms in total. The van der Waals surface area contributed by atoms with E-state index in [-0.39, 0.29) is 11.7 Å². The van der Waals surface area contributed by atoms with Crippen LogP contribution in [0.1, 0.15) is 17.0 Å². The quantitative estimate of drug-likeness (QED) is 0.746. The van der Waals surface area contributed by atoms with Gasteiger partial charge in [-0.25, -0.2) is 4.79 Å². The molecule has 2 N–H and O–H groups in total. The minimum absolute atomic E-state index is 0.0220. The van der Waals surface area contributed by atoms with E-state index >= 15 is 0 Å². The molecule has 7 heteroatoms. The van der Waals surface area contributed by atoms with Crippen LogP contribution in [0.2, 0.25) is 0 Å². The van der Waals surface area contributed by atoms with Gasteiger partial charge in [0.2, 0.25) is 5.82 Å². The Hall–Kier alpha value is -2.41. The SMILES string of the molecule is CN(C)CCCNC(=O)c1nn(-c2ccccc2)c(=O)[nH]1. The van der Waals surface area contributed by atoms with Gasteiger partial charge in [0.25, 0.3) is 5.91 Å². The Morgan fingerprint density at radius 1 is 1.33 bits per heavy atom. The molecular weight excluding hydrogens is 270 g/mol. The molecule has 1 aromatic carbocycles. The van der Waals surface area contributed by atoms with Gasteiger partial charge in [-0.05, 0) is 39.2 Å².